The lowest BCUT2D eigenvalue weighted by Crippen LogP contribution is -2.47. The molecule has 0 aliphatic carbocycles. The summed E-state index contributed by atoms with van der Waals surface area (Å²) in [6.45, 7) is 0.388. The van der Waals surface area contributed by atoms with Crippen LogP contribution in [0.15, 0.2) is 53.0 Å². The molecule has 0 heterocycles. The van der Waals surface area contributed by atoms with Gasteiger partial charge < -0.3 is 10.2 Å². The lowest BCUT2D eigenvalue weighted by molar-refractivity contribution is -0.132. The van der Waals surface area contributed by atoms with Gasteiger partial charge in [0.1, 0.15) is 6.04 Å². The van der Waals surface area contributed by atoms with Crippen molar-refractivity contribution in [2.75, 3.05) is 19.1 Å². The molecule has 0 saturated carbocycles. The minimum absolute atomic E-state index is 0.135. The van der Waals surface area contributed by atoms with E-state index in [1.165, 1.54) is 0 Å². The van der Waals surface area contributed by atoms with Gasteiger partial charge >= 0.3 is 0 Å². The number of rotatable bonds is 8. The summed E-state index contributed by atoms with van der Waals surface area (Å²) in [5, 5.41) is 3.50. The highest BCUT2D eigenvalue weighted by molar-refractivity contribution is 9.10. The van der Waals surface area contributed by atoms with E-state index in [9.17, 15) is 9.59 Å². The van der Waals surface area contributed by atoms with Gasteiger partial charge in [-0.05, 0) is 58.1 Å². The third-order valence-electron chi connectivity index (χ3n) is 4.07. The number of nitrogens with zero attached hydrogens (tertiary/aromatic N) is 1. The first kappa shape index (κ1) is 21.8. The molecule has 0 aliphatic heterocycles. The molecular weight excluding hydrogens is 448 g/mol. The topological polar surface area (TPSA) is 49.4 Å². The molecule has 0 fully saturated rings. The Labute approximate surface area is 177 Å². The third kappa shape index (κ3) is 6.26. The molecule has 2 aromatic carbocycles. The molecule has 0 aliphatic rings. The highest BCUT2D eigenvalue weighted by atomic mass is 79.9. The second kappa shape index (κ2) is 10.7. The Morgan fingerprint density at radius 3 is 2.52 bits per heavy atom. The van der Waals surface area contributed by atoms with Crippen molar-refractivity contribution in [3.63, 3.8) is 0 Å². The van der Waals surface area contributed by atoms with Gasteiger partial charge in [0.15, 0.2) is 0 Å². The van der Waals surface area contributed by atoms with Gasteiger partial charge in [-0.3, -0.25) is 9.59 Å². The highest BCUT2D eigenvalue weighted by Crippen LogP contribution is 2.18. The molecule has 0 aromatic heterocycles. The van der Waals surface area contributed by atoms with Crippen molar-refractivity contribution >= 4 is 51.1 Å². The van der Waals surface area contributed by atoms with Gasteiger partial charge in [0.05, 0.1) is 5.56 Å². The molecule has 2 aromatic rings. The fraction of sp³-hybridized carbons (Fsp3) is 0.300. The van der Waals surface area contributed by atoms with E-state index in [-0.39, 0.29) is 11.8 Å². The van der Waals surface area contributed by atoms with Gasteiger partial charge in [-0.2, -0.15) is 11.8 Å². The van der Waals surface area contributed by atoms with E-state index >= 15 is 0 Å². The Bertz CT molecular complexity index is 803. The van der Waals surface area contributed by atoms with Crippen molar-refractivity contribution in [1.82, 2.24) is 10.2 Å². The van der Waals surface area contributed by atoms with Crippen molar-refractivity contribution in [2.45, 2.75) is 19.0 Å². The lowest BCUT2D eigenvalue weighted by atomic mass is 10.1. The third-order valence-corrected chi connectivity index (χ3v) is 5.78. The van der Waals surface area contributed by atoms with Gasteiger partial charge in [-0.1, -0.05) is 41.9 Å². The number of halogens is 2. The van der Waals surface area contributed by atoms with Crippen molar-refractivity contribution in [3.8, 4) is 0 Å². The second-order valence-electron chi connectivity index (χ2n) is 6.07. The fourth-order valence-electron chi connectivity index (χ4n) is 2.60. The van der Waals surface area contributed by atoms with Crippen LogP contribution >= 0.6 is 39.3 Å². The molecule has 4 nitrogen and oxygen atoms in total. The molecule has 0 bridgehead atoms. The smallest absolute Gasteiger partial charge is 0.253 e. The number of thioether (sulfide) groups is 1. The first-order valence-corrected chi connectivity index (χ1v) is 11.0. The van der Waals surface area contributed by atoms with Gasteiger partial charge in [-0.25, -0.2) is 0 Å². The van der Waals surface area contributed by atoms with Gasteiger partial charge in [-0.15, -0.1) is 0 Å². The molecule has 2 rings (SSSR count). The second-order valence-corrected chi connectivity index (χ2v) is 8.32. The predicted octanol–water partition coefficient (Wildman–Crippen LogP) is 4.61. The molecule has 7 heteroatoms. The summed E-state index contributed by atoms with van der Waals surface area (Å²) < 4.78 is 0.697. The maximum absolute atomic E-state index is 13.0. The maximum Gasteiger partial charge on any atom is 0.253 e. The summed E-state index contributed by atoms with van der Waals surface area (Å²) in [4.78, 5) is 27.2. The lowest BCUT2D eigenvalue weighted by Gasteiger charge is -2.25. The van der Waals surface area contributed by atoms with Gasteiger partial charge in [0.2, 0.25) is 5.91 Å². The van der Waals surface area contributed by atoms with Crippen LogP contribution in [0.5, 0.6) is 0 Å². The molecule has 0 radical (unpaired) electrons. The van der Waals surface area contributed by atoms with E-state index in [1.807, 2.05) is 30.5 Å². The molecular formula is C20H22BrClN2O2S. The van der Waals surface area contributed by atoms with Crippen LogP contribution < -0.4 is 5.32 Å². The molecule has 2 amide bonds. The van der Waals surface area contributed by atoms with Crippen LogP contribution in [0, 0.1) is 0 Å². The van der Waals surface area contributed by atoms with Crippen LogP contribution in [-0.4, -0.2) is 41.8 Å². The SMILES string of the molecule is CSCCC(NC(=O)c1ccccc1Br)C(=O)N(C)Cc1ccccc1Cl. The van der Waals surface area contributed by atoms with Gasteiger partial charge in [0.25, 0.3) is 5.91 Å². The van der Waals surface area contributed by atoms with Gasteiger partial charge in [0, 0.05) is 23.1 Å². The molecule has 0 saturated heterocycles. The van der Waals surface area contributed by atoms with E-state index < -0.39 is 6.04 Å². The van der Waals surface area contributed by atoms with Crippen LogP contribution in [-0.2, 0) is 11.3 Å². The number of carbonyl (C=O) groups is 2. The summed E-state index contributed by atoms with van der Waals surface area (Å²) in [7, 11) is 1.72. The summed E-state index contributed by atoms with van der Waals surface area (Å²) in [5.41, 5.74) is 1.38. The van der Waals surface area contributed by atoms with Crippen LogP contribution in [0.1, 0.15) is 22.3 Å². The first-order valence-electron chi connectivity index (χ1n) is 8.46. The largest absolute Gasteiger partial charge is 0.340 e. The van der Waals surface area contributed by atoms with E-state index in [4.69, 9.17) is 11.6 Å². The first-order chi connectivity index (χ1) is 12.9. The zero-order valence-corrected chi connectivity index (χ0v) is 18.4. The Hall–Kier alpha value is -1.50. The fourth-order valence-corrected chi connectivity index (χ4v) is 3.73. The maximum atomic E-state index is 13.0. The average molecular weight is 470 g/mol. The Morgan fingerprint density at radius 2 is 1.85 bits per heavy atom. The molecule has 1 N–H and O–H groups in total. The van der Waals surface area contributed by atoms with Crippen LogP contribution in [0.2, 0.25) is 5.02 Å². The van der Waals surface area contributed by atoms with E-state index in [2.05, 4.69) is 21.2 Å². The summed E-state index contributed by atoms with van der Waals surface area (Å²) >= 11 is 11.2. The quantitative estimate of drug-likeness (QED) is 0.614. The minimum atomic E-state index is -0.593. The number of carbonyl (C=O) groups excluding carboxylic acids is 2. The van der Waals surface area contributed by atoms with E-state index in [0.717, 1.165) is 11.3 Å². The number of amides is 2. The Morgan fingerprint density at radius 1 is 1.19 bits per heavy atom. The van der Waals surface area contributed by atoms with Crippen molar-refractivity contribution in [3.05, 3.63) is 69.2 Å². The summed E-state index contributed by atoms with van der Waals surface area (Å²) in [5.74, 6) is 0.365. The standard InChI is InChI=1S/C20H22BrClN2O2S/c1-24(13-14-7-3-6-10-17(14)22)20(26)18(11-12-27-2)23-19(25)15-8-4-5-9-16(15)21/h3-10,18H,11-13H2,1-2H3,(H,23,25). The van der Waals surface area contributed by atoms with Crippen LogP contribution in [0.3, 0.4) is 0 Å². The number of hydrogen-bond acceptors (Lipinski definition) is 3. The number of hydrogen-bond donors (Lipinski definition) is 1. The van der Waals surface area contributed by atoms with Crippen molar-refractivity contribution in [1.29, 1.82) is 0 Å². The predicted molar refractivity (Wildman–Crippen MR) is 116 cm³/mol. The van der Waals surface area contributed by atoms with E-state index in [1.54, 1.807) is 48.0 Å². The normalized spacial score (nSPS) is 11.7. The van der Waals surface area contributed by atoms with Crippen molar-refractivity contribution in [2.24, 2.45) is 0 Å². The summed E-state index contributed by atoms with van der Waals surface area (Å²) in [6, 6.07) is 14.0. The Kier molecular flexibility index (Phi) is 8.67. The molecule has 1 unspecified atom stereocenters. The number of likely N-dealkylation sites (N-methyl/N-ethyl adjacent to an activating group) is 1. The zero-order valence-electron chi connectivity index (χ0n) is 15.2. The Balaban J connectivity index is 2.12. The summed E-state index contributed by atoms with van der Waals surface area (Å²) in [6.07, 6.45) is 2.54. The number of nitrogens with one attached hydrogen (secondary N) is 1. The van der Waals surface area contributed by atoms with Crippen LogP contribution in [0.25, 0.3) is 0 Å². The molecule has 0 spiro atoms. The molecule has 27 heavy (non-hydrogen) atoms. The number of benzene rings is 2. The average Bonchev–Trinajstić information content (AvgIpc) is 2.66. The monoisotopic (exact) mass is 468 g/mol. The molecule has 1 atom stereocenters. The van der Waals surface area contributed by atoms with Crippen molar-refractivity contribution < 1.29 is 9.59 Å². The highest BCUT2D eigenvalue weighted by Gasteiger charge is 2.25. The van der Waals surface area contributed by atoms with E-state index in [0.29, 0.717) is 28.0 Å². The minimum Gasteiger partial charge on any atom is -0.340 e. The van der Waals surface area contributed by atoms with Crippen LogP contribution in [0.4, 0.5) is 0 Å². The molecule has 144 valence electrons. The zero-order chi connectivity index (χ0) is 19.8.